The molecule has 0 aliphatic rings. The third-order valence-corrected chi connectivity index (χ3v) is 3.22. The maximum atomic E-state index is 5.79. The quantitative estimate of drug-likeness (QED) is 0.797. The van der Waals surface area contributed by atoms with Gasteiger partial charge in [-0.3, -0.25) is 4.98 Å². The zero-order valence-electron chi connectivity index (χ0n) is 12.2. The minimum Gasteiger partial charge on any atom is -0.420 e. The predicted octanol–water partition coefficient (Wildman–Crippen LogP) is 3.48. The average Bonchev–Trinajstić information content (AvgIpc) is 2.57. The molecule has 22 heavy (non-hydrogen) atoms. The standard InChI is InChI=1S/C17H16N4O/c1-2-14-10-12(7-9-19-14)15-4-3-8-20-17(15)22-16-6-5-13(18)11-21-16/h3-11H,2,18H2,1H3. The summed E-state index contributed by atoms with van der Waals surface area (Å²) >= 11 is 0. The van der Waals surface area contributed by atoms with Gasteiger partial charge in [0.2, 0.25) is 11.8 Å². The maximum absolute atomic E-state index is 5.79. The minimum absolute atomic E-state index is 0.457. The highest BCUT2D eigenvalue weighted by Crippen LogP contribution is 2.30. The van der Waals surface area contributed by atoms with Crippen molar-refractivity contribution in [3.8, 4) is 22.9 Å². The number of hydrogen-bond acceptors (Lipinski definition) is 5. The van der Waals surface area contributed by atoms with E-state index < -0.39 is 0 Å². The van der Waals surface area contributed by atoms with Crippen molar-refractivity contribution in [2.75, 3.05) is 5.73 Å². The molecule has 0 unspecified atom stereocenters. The second-order valence-corrected chi connectivity index (χ2v) is 4.78. The Morgan fingerprint density at radius 3 is 2.73 bits per heavy atom. The summed E-state index contributed by atoms with van der Waals surface area (Å²) in [5, 5.41) is 0. The molecule has 0 saturated heterocycles. The Labute approximate surface area is 128 Å². The van der Waals surface area contributed by atoms with Crippen LogP contribution in [-0.4, -0.2) is 15.0 Å². The lowest BCUT2D eigenvalue weighted by molar-refractivity contribution is 0.447. The maximum Gasteiger partial charge on any atom is 0.229 e. The zero-order valence-corrected chi connectivity index (χ0v) is 12.2. The van der Waals surface area contributed by atoms with Gasteiger partial charge in [0, 0.05) is 29.7 Å². The molecule has 0 saturated carbocycles. The molecule has 0 aromatic carbocycles. The van der Waals surface area contributed by atoms with Crippen LogP contribution in [0.1, 0.15) is 12.6 Å². The molecule has 0 aliphatic carbocycles. The normalized spacial score (nSPS) is 10.4. The van der Waals surface area contributed by atoms with E-state index in [1.165, 1.54) is 0 Å². The molecule has 0 aliphatic heterocycles. The van der Waals surface area contributed by atoms with E-state index in [-0.39, 0.29) is 0 Å². The largest absolute Gasteiger partial charge is 0.420 e. The molecular formula is C17H16N4O. The van der Waals surface area contributed by atoms with Crippen molar-refractivity contribution in [2.24, 2.45) is 0 Å². The van der Waals surface area contributed by atoms with Crippen LogP contribution in [0, 0.1) is 0 Å². The number of anilines is 1. The molecule has 110 valence electrons. The van der Waals surface area contributed by atoms with Crippen molar-refractivity contribution < 1.29 is 4.74 Å². The summed E-state index contributed by atoms with van der Waals surface area (Å²) in [6.07, 6.45) is 5.92. The second kappa shape index (κ2) is 6.22. The number of nitrogen functional groups attached to an aromatic ring is 1. The van der Waals surface area contributed by atoms with E-state index in [1.807, 2.05) is 24.3 Å². The summed E-state index contributed by atoms with van der Waals surface area (Å²) in [4.78, 5) is 12.8. The number of rotatable bonds is 4. The fourth-order valence-electron chi connectivity index (χ4n) is 2.08. The van der Waals surface area contributed by atoms with Crippen LogP contribution in [0.25, 0.3) is 11.1 Å². The highest BCUT2D eigenvalue weighted by atomic mass is 16.5. The lowest BCUT2D eigenvalue weighted by atomic mass is 10.1. The second-order valence-electron chi connectivity index (χ2n) is 4.78. The van der Waals surface area contributed by atoms with Crippen LogP contribution in [0.2, 0.25) is 0 Å². The lowest BCUT2D eigenvalue weighted by Crippen LogP contribution is -1.95. The number of aryl methyl sites for hydroxylation is 1. The van der Waals surface area contributed by atoms with Gasteiger partial charge in [0.25, 0.3) is 0 Å². The first-order valence-electron chi connectivity index (χ1n) is 7.06. The summed E-state index contributed by atoms with van der Waals surface area (Å²) < 4.78 is 5.79. The molecule has 0 bridgehead atoms. The van der Waals surface area contributed by atoms with Gasteiger partial charge in [0.15, 0.2) is 0 Å². The van der Waals surface area contributed by atoms with Crippen LogP contribution in [0.4, 0.5) is 5.69 Å². The van der Waals surface area contributed by atoms with Crippen molar-refractivity contribution in [3.63, 3.8) is 0 Å². The fourth-order valence-corrected chi connectivity index (χ4v) is 2.08. The van der Waals surface area contributed by atoms with Crippen LogP contribution in [0.5, 0.6) is 11.8 Å². The predicted molar refractivity (Wildman–Crippen MR) is 85.6 cm³/mol. The highest BCUT2D eigenvalue weighted by Gasteiger charge is 2.10. The smallest absolute Gasteiger partial charge is 0.229 e. The Hall–Kier alpha value is -2.95. The van der Waals surface area contributed by atoms with E-state index >= 15 is 0 Å². The number of nitrogens with two attached hydrogens (primary N) is 1. The summed E-state index contributed by atoms with van der Waals surface area (Å²) in [7, 11) is 0. The summed E-state index contributed by atoms with van der Waals surface area (Å²) in [5.74, 6) is 0.965. The van der Waals surface area contributed by atoms with Crippen molar-refractivity contribution >= 4 is 5.69 Å². The fraction of sp³-hybridized carbons (Fsp3) is 0.118. The molecule has 3 heterocycles. The Balaban J connectivity index is 1.97. The topological polar surface area (TPSA) is 73.9 Å². The highest BCUT2D eigenvalue weighted by molar-refractivity contribution is 5.68. The van der Waals surface area contributed by atoms with Gasteiger partial charge >= 0.3 is 0 Å². The Morgan fingerprint density at radius 1 is 1.05 bits per heavy atom. The molecule has 3 rings (SSSR count). The van der Waals surface area contributed by atoms with Crippen LogP contribution < -0.4 is 10.5 Å². The molecule has 3 aromatic heterocycles. The van der Waals surface area contributed by atoms with Gasteiger partial charge in [-0.25, -0.2) is 9.97 Å². The Morgan fingerprint density at radius 2 is 1.95 bits per heavy atom. The summed E-state index contributed by atoms with van der Waals surface area (Å²) in [5.41, 5.74) is 9.17. The molecule has 0 radical (unpaired) electrons. The van der Waals surface area contributed by atoms with Crippen molar-refractivity contribution in [3.05, 3.63) is 60.7 Å². The molecule has 0 atom stereocenters. The van der Waals surface area contributed by atoms with Gasteiger partial charge in [0.05, 0.1) is 11.9 Å². The van der Waals surface area contributed by atoms with Crippen molar-refractivity contribution in [1.82, 2.24) is 15.0 Å². The molecule has 5 nitrogen and oxygen atoms in total. The van der Waals surface area contributed by atoms with E-state index in [0.29, 0.717) is 17.4 Å². The SMILES string of the molecule is CCc1cc(-c2cccnc2Oc2ccc(N)cn2)ccn1. The number of nitrogens with zero attached hydrogens (tertiary/aromatic N) is 3. The monoisotopic (exact) mass is 292 g/mol. The van der Waals surface area contributed by atoms with E-state index in [9.17, 15) is 0 Å². The molecule has 0 spiro atoms. The first kappa shape index (κ1) is 14.0. The Bertz CT molecular complexity index is 772. The first-order valence-corrected chi connectivity index (χ1v) is 7.06. The number of hydrogen-bond donors (Lipinski definition) is 1. The van der Waals surface area contributed by atoms with Crippen LogP contribution in [-0.2, 0) is 6.42 Å². The number of ether oxygens (including phenoxy) is 1. The van der Waals surface area contributed by atoms with E-state index in [4.69, 9.17) is 10.5 Å². The first-order chi connectivity index (χ1) is 10.8. The summed E-state index contributed by atoms with van der Waals surface area (Å²) in [6.45, 7) is 2.07. The minimum atomic E-state index is 0.457. The third-order valence-electron chi connectivity index (χ3n) is 3.22. The summed E-state index contributed by atoms with van der Waals surface area (Å²) in [6, 6.07) is 11.3. The van der Waals surface area contributed by atoms with Gasteiger partial charge in [-0.1, -0.05) is 6.92 Å². The Kier molecular flexibility index (Phi) is 3.96. The van der Waals surface area contributed by atoms with Gasteiger partial charge in [-0.2, -0.15) is 0 Å². The molecule has 5 heteroatoms. The van der Waals surface area contributed by atoms with Crippen molar-refractivity contribution in [1.29, 1.82) is 0 Å². The van der Waals surface area contributed by atoms with Crippen LogP contribution in [0.15, 0.2) is 55.0 Å². The van der Waals surface area contributed by atoms with Crippen LogP contribution in [0.3, 0.4) is 0 Å². The molecule has 0 amide bonds. The van der Waals surface area contributed by atoms with E-state index in [1.54, 1.807) is 30.7 Å². The van der Waals surface area contributed by atoms with Crippen molar-refractivity contribution in [2.45, 2.75) is 13.3 Å². The lowest BCUT2D eigenvalue weighted by Gasteiger charge is -2.10. The van der Waals surface area contributed by atoms with Gasteiger partial charge in [-0.15, -0.1) is 0 Å². The molecule has 3 aromatic rings. The zero-order chi connectivity index (χ0) is 15.4. The third kappa shape index (κ3) is 3.03. The average molecular weight is 292 g/mol. The molecular weight excluding hydrogens is 276 g/mol. The van der Waals surface area contributed by atoms with E-state index in [0.717, 1.165) is 23.2 Å². The van der Waals surface area contributed by atoms with Crippen LogP contribution >= 0.6 is 0 Å². The van der Waals surface area contributed by atoms with Gasteiger partial charge in [0.1, 0.15) is 0 Å². The molecule has 0 fully saturated rings. The van der Waals surface area contributed by atoms with Gasteiger partial charge in [-0.05, 0) is 42.3 Å². The number of pyridine rings is 3. The van der Waals surface area contributed by atoms with Gasteiger partial charge < -0.3 is 10.5 Å². The number of aromatic nitrogens is 3. The van der Waals surface area contributed by atoms with E-state index in [2.05, 4.69) is 21.9 Å². The molecule has 2 N–H and O–H groups in total.